The van der Waals surface area contributed by atoms with Crippen LogP contribution in [0.15, 0.2) is 17.9 Å². The summed E-state index contributed by atoms with van der Waals surface area (Å²) in [5, 5.41) is 9.01. The van der Waals surface area contributed by atoms with Crippen molar-refractivity contribution in [1.82, 2.24) is 0 Å². The van der Waals surface area contributed by atoms with Crippen LogP contribution in [-0.4, -0.2) is 10.7 Å². The minimum atomic E-state index is -0.716. The fourth-order valence-electron chi connectivity index (χ4n) is 0.287. The van der Waals surface area contributed by atoms with Gasteiger partial charge in [0.2, 0.25) is 0 Å². The molecule has 46 valence electrons. The molecule has 0 saturated heterocycles. The van der Waals surface area contributed by atoms with Gasteiger partial charge in [0, 0.05) is 0 Å². The Morgan fingerprint density at radius 3 is 2.12 bits per heavy atom. The number of rotatable bonds is 1. The van der Waals surface area contributed by atoms with E-state index in [2.05, 4.69) is 5.73 Å². The van der Waals surface area contributed by atoms with E-state index < -0.39 is 5.60 Å². The van der Waals surface area contributed by atoms with Crippen molar-refractivity contribution in [1.29, 1.82) is 0 Å². The van der Waals surface area contributed by atoms with E-state index in [9.17, 15) is 0 Å². The molecule has 0 aromatic heterocycles. The molecule has 1 heteroatoms. The quantitative estimate of drug-likeness (QED) is 0.509. The molecule has 0 fully saturated rings. The first-order valence-electron chi connectivity index (χ1n) is 2.67. The first-order chi connectivity index (χ1) is 3.56. The summed E-state index contributed by atoms with van der Waals surface area (Å²) in [6.45, 7) is 5.29. The molecule has 0 bridgehead atoms. The van der Waals surface area contributed by atoms with Crippen LogP contribution in [-0.2, 0) is 0 Å². The number of aliphatic hydroxyl groups is 1. The zero-order valence-corrected chi connectivity index (χ0v) is 5.60. The van der Waals surface area contributed by atoms with Crippen molar-refractivity contribution in [2.45, 2.75) is 26.4 Å². The largest absolute Gasteiger partial charge is 0.386 e. The summed E-state index contributed by atoms with van der Waals surface area (Å²) in [7, 11) is 0. The lowest BCUT2D eigenvalue weighted by molar-refractivity contribution is 0.133. The van der Waals surface area contributed by atoms with Gasteiger partial charge in [-0.15, -0.1) is 5.73 Å². The zero-order valence-electron chi connectivity index (χ0n) is 5.60. The fraction of sp³-hybridized carbons (Fsp3) is 0.571. The highest BCUT2D eigenvalue weighted by molar-refractivity contribution is 4.94. The Bertz CT molecular complexity index is 111. The van der Waals surface area contributed by atoms with E-state index in [1.165, 1.54) is 0 Å². The molecule has 0 amide bonds. The molecule has 1 nitrogen and oxygen atoms in total. The molecule has 8 heavy (non-hydrogen) atoms. The van der Waals surface area contributed by atoms with Gasteiger partial charge in [0.15, 0.2) is 0 Å². The third-order valence-electron chi connectivity index (χ3n) is 0.603. The molecule has 0 aromatic rings. The second kappa shape index (κ2) is 2.71. The van der Waals surface area contributed by atoms with E-state index in [-0.39, 0.29) is 0 Å². The summed E-state index contributed by atoms with van der Waals surface area (Å²) in [4.78, 5) is 0. The molecule has 0 radical (unpaired) electrons. The van der Waals surface area contributed by atoms with Gasteiger partial charge in [0.05, 0.1) is 5.60 Å². The minimum absolute atomic E-state index is 0.716. The highest BCUT2D eigenvalue weighted by Crippen LogP contribution is 1.99. The molecule has 0 saturated carbocycles. The van der Waals surface area contributed by atoms with E-state index >= 15 is 0 Å². The molecule has 1 N–H and O–H groups in total. The smallest absolute Gasteiger partial charge is 0.0844 e. The number of hydrogen-bond donors (Lipinski definition) is 1. The van der Waals surface area contributed by atoms with Gasteiger partial charge in [-0.05, 0) is 32.9 Å². The summed E-state index contributed by atoms with van der Waals surface area (Å²) in [5.74, 6) is 0. The summed E-state index contributed by atoms with van der Waals surface area (Å²) in [6.07, 6.45) is 3.38. The molecule has 0 unspecified atom stereocenters. The highest BCUT2D eigenvalue weighted by Gasteiger charge is 2.03. The molecule has 0 aromatic carbocycles. The third kappa shape index (κ3) is 5.48. The second-order valence-corrected chi connectivity index (χ2v) is 2.25. The van der Waals surface area contributed by atoms with Gasteiger partial charge in [0.25, 0.3) is 0 Å². The van der Waals surface area contributed by atoms with Crippen molar-refractivity contribution in [2.24, 2.45) is 0 Å². The normalized spacial score (nSPS) is 10.0. The van der Waals surface area contributed by atoms with Crippen molar-refractivity contribution in [3.05, 3.63) is 17.9 Å². The average Bonchev–Trinajstić information content (AvgIpc) is 1.59. The van der Waals surface area contributed by atoms with Crippen LogP contribution >= 0.6 is 0 Å². The third-order valence-corrected chi connectivity index (χ3v) is 0.603. The first-order valence-corrected chi connectivity index (χ1v) is 2.67. The van der Waals surface area contributed by atoms with Crippen LogP contribution in [0.1, 0.15) is 20.8 Å². The number of hydrogen-bond acceptors (Lipinski definition) is 1. The van der Waals surface area contributed by atoms with Crippen LogP contribution in [0.2, 0.25) is 0 Å². The Hall–Kier alpha value is -0.520. The predicted octanol–water partition coefficient (Wildman–Crippen LogP) is 1.49. The van der Waals surface area contributed by atoms with Crippen LogP contribution in [0.25, 0.3) is 0 Å². The Balaban J connectivity index is 3.89. The molecule has 0 atom stereocenters. The molecule has 0 heterocycles. The Kier molecular flexibility index (Phi) is 2.53. The lowest BCUT2D eigenvalue weighted by atomic mass is 10.1. The van der Waals surface area contributed by atoms with Gasteiger partial charge in [-0.1, -0.05) is 0 Å². The Labute approximate surface area is 50.3 Å². The maximum Gasteiger partial charge on any atom is 0.0844 e. The lowest BCUT2D eigenvalue weighted by Crippen LogP contribution is -2.12. The molecule has 0 aliphatic heterocycles. The molecular weight excluding hydrogens is 100 g/mol. The van der Waals surface area contributed by atoms with Crippen molar-refractivity contribution in [2.75, 3.05) is 0 Å². The van der Waals surface area contributed by atoms with E-state index in [1.54, 1.807) is 26.0 Å². The molecular formula is C7H12O. The van der Waals surface area contributed by atoms with Crippen LogP contribution < -0.4 is 0 Å². The SMILES string of the molecule is CC=C=CC(C)(C)O. The predicted molar refractivity (Wildman–Crippen MR) is 34.6 cm³/mol. The van der Waals surface area contributed by atoms with Gasteiger partial charge in [-0.25, -0.2) is 0 Å². The standard InChI is InChI=1S/C7H12O/c1-4-5-6-7(2,3)8/h4,6,8H,1-3H3. The van der Waals surface area contributed by atoms with Gasteiger partial charge in [-0.2, -0.15) is 0 Å². The van der Waals surface area contributed by atoms with E-state index in [1.807, 2.05) is 6.92 Å². The molecule has 0 rings (SSSR count). The van der Waals surface area contributed by atoms with Crippen molar-refractivity contribution in [3.8, 4) is 0 Å². The van der Waals surface area contributed by atoms with Crippen LogP contribution in [0.4, 0.5) is 0 Å². The Morgan fingerprint density at radius 2 is 2.00 bits per heavy atom. The Morgan fingerprint density at radius 1 is 1.50 bits per heavy atom. The molecule has 0 aliphatic carbocycles. The van der Waals surface area contributed by atoms with Crippen LogP contribution in [0.3, 0.4) is 0 Å². The topological polar surface area (TPSA) is 20.2 Å². The summed E-state index contributed by atoms with van der Waals surface area (Å²) in [6, 6.07) is 0. The zero-order chi connectivity index (χ0) is 6.62. The maximum atomic E-state index is 9.01. The molecule has 0 aliphatic rings. The van der Waals surface area contributed by atoms with Crippen molar-refractivity contribution >= 4 is 0 Å². The van der Waals surface area contributed by atoms with Gasteiger partial charge < -0.3 is 5.11 Å². The first kappa shape index (κ1) is 7.48. The van der Waals surface area contributed by atoms with Crippen molar-refractivity contribution < 1.29 is 5.11 Å². The van der Waals surface area contributed by atoms with E-state index in [0.29, 0.717) is 0 Å². The van der Waals surface area contributed by atoms with Crippen molar-refractivity contribution in [3.63, 3.8) is 0 Å². The fourth-order valence-corrected chi connectivity index (χ4v) is 0.287. The summed E-state index contributed by atoms with van der Waals surface area (Å²) >= 11 is 0. The monoisotopic (exact) mass is 112 g/mol. The maximum absolute atomic E-state index is 9.01. The van der Waals surface area contributed by atoms with Crippen LogP contribution in [0.5, 0.6) is 0 Å². The second-order valence-electron chi connectivity index (χ2n) is 2.25. The average molecular weight is 112 g/mol. The summed E-state index contributed by atoms with van der Waals surface area (Å²) < 4.78 is 0. The van der Waals surface area contributed by atoms with Gasteiger partial charge in [0.1, 0.15) is 0 Å². The highest BCUT2D eigenvalue weighted by atomic mass is 16.3. The molecule has 0 spiro atoms. The lowest BCUT2D eigenvalue weighted by Gasteiger charge is -2.07. The van der Waals surface area contributed by atoms with Crippen LogP contribution in [0, 0.1) is 0 Å². The van der Waals surface area contributed by atoms with E-state index in [4.69, 9.17) is 5.11 Å². The van der Waals surface area contributed by atoms with E-state index in [0.717, 1.165) is 0 Å². The van der Waals surface area contributed by atoms with Gasteiger partial charge >= 0.3 is 0 Å². The van der Waals surface area contributed by atoms with Gasteiger partial charge in [-0.3, -0.25) is 0 Å². The summed E-state index contributed by atoms with van der Waals surface area (Å²) in [5.41, 5.74) is 2.07. The minimum Gasteiger partial charge on any atom is -0.386 e.